The van der Waals surface area contributed by atoms with Gasteiger partial charge < -0.3 is 0 Å². The number of sulfonamides is 1. The van der Waals surface area contributed by atoms with Crippen molar-refractivity contribution in [3.8, 4) is 0 Å². The third-order valence-corrected chi connectivity index (χ3v) is 6.37. The summed E-state index contributed by atoms with van der Waals surface area (Å²) in [7, 11) is -3.10. The minimum atomic E-state index is -3.10. The van der Waals surface area contributed by atoms with Crippen molar-refractivity contribution < 1.29 is 8.42 Å². The fraction of sp³-hybridized carbons (Fsp3) is 0.846. The maximum absolute atomic E-state index is 12.5. The van der Waals surface area contributed by atoms with E-state index in [0.29, 0.717) is 25.7 Å². The van der Waals surface area contributed by atoms with E-state index >= 15 is 0 Å². The van der Waals surface area contributed by atoms with Crippen molar-refractivity contribution >= 4 is 10.0 Å². The molecule has 18 heavy (non-hydrogen) atoms. The first-order chi connectivity index (χ1) is 8.41. The molecule has 5 heteroatoms. The lowest BCUT2D eigenvalue weighted by atomic mass is 10.1. The van der Waals surface area contributed by atoms with Gasteiger partial charge in [0.1, 0.15) is 0 Å². The van der Waals surface area contributed by atoms with Gasteiger partial charge in [0, 0.05) is 25.7 Å². The van der Waals surface area contributed by atoms with E-state index in [1.165, 1.54) is 5.57 Å². The van der Waals surface area contributed by atoms with Crippen LogP contribution in [-0.2, 0) is 10.0 Å². The summed E-state index contributed by atoms with van der Waals surface area (Å²) in [6, 6.07) is 0.439. The first-order valence-corrected chi connectivity index (χ1v) is 8.30. The summed E-state index contributed by atoms with van der Waals surface area (Å²) in [5.74, 6) is 0. The molecule has 2 aliphatic rings. The third-order valence-electron chi connectivity index (χ3n) is 4.09. The lowest BCUT2D eigenvalue weighted by molar-refractivity contribution is 0.275. The zero-order valence-electron chi connectivity index (χ0n) is 11.6. The average molecular weight is 272 g/mol. The Morgan fingerprint density at radius 3 is 2.56 bits per heavy atom. The molecule has 0 amide bonds. The smallest absolute Gasteiger partial charge is 0.218 e. The van der Waals surface area contributed by atoms with Crippen LogP contribution in [0.2, 0.25) is 0 Å². The molecule has 0 aromatic rings. The van der Waals surface area contributed by atoms with Gasteiger partial charge in [-0.3, -0.25) is 4.90 Å². The normalized spacial score (nSPS) is 27.8. The molecule has 0 bridgehead atoms. The van der Waals surface area contributed by atoms with E-state index < -0.39 is 10.0 Å². The summed E-state index contributed by atoms with van der Waals surface area (Å²) in [6.07, 6.45) is 3.69. The number of hydrogen-bond donors (Lipinski definition) is 0. The second-order valence-corrected chi connectivity index (χ2v) is 7.92. The lowest BCUT2D eigenvalue weighted by Crippen LogP contribution is -2.42. The Morgan fingerprint density at radius 1 is 1.33 bits per heavy atom. The topological polar surface area (TPSA) is 40.6 Å². The van der Waals surface area contributed by atoms with Crippen LogP contribution in [0.25, 0.3) is 0 Å². The van der Waals surface area contributed by atoms with Gasteiger partial charge in [0.25, 0.3) is 0 Å². The molecule has 0 radical (unpaired) electrons. The molecular formula is C13H24N2O2S. The molecule has 0 aliphatic carbocycles. The molecular weight excluding hydrogens is 248 g/mol. The van der Waals surface area contributed by atoms with Gasteiger partial charge in [-0.1, -0.05) is 11.6 Å². The van der Waals surface area contributed by atoms with E-state index in [1.54, 1.807) is 4.31 Å². The molecule has 4 nitrogen and oxygen atoms in total. The van der Waals surface area contributed by atoms with Crippen molar-refractivity contribution in [1.82, 2.24) is 9.21 Å². The second-order valence-electron chi connectivity index (χ2n) is 5.70. The van der Waals surface area contributed by atoms with Crippen molar-refractivity contribution in [2.24, 2.45) is 0 Å². The first kappa shape index (κ1) is 14.0. The van der Waals surface area contributed by atoms with Crippen LogP contribution in [0.4, 0.5) is 0 Å². The molecule has 0 N–H and O–H groups in total. The Labute approximate surface area is 111 Å². The zero-order valence-corrected chi connectivity index (χ0v) is 12.4. The Kier molecular flexibility index (Phi) is 4.14. The molecule has 0 saturated carbocycles. The van der Waals surface area contributed by atoms with Gasteiger partial charge in [-0.05, 0) is 40.2 Å². The fourth-order valence-corrected chi connectivity index (χ4v) is 4.49. The lowest BCUT2D eigenvalue weighted by Gasteiger charge is -2.28. The van der Waals surface area contributed by atoms with Crippen molar-refractivity contribution in [2.45, 2.75) is 44.9 Å². The van der Waals surface area contributed by atoms with E-state index in [9.17, 15) is 8.42 Å². The van der Waals surface area contributed by atoms with Gasteiger partial charge in [-0.2, -0.15) is 4.31 Å². The van der Waals surface area contributed by atoms with Gasteiger partial charge in [-0.15, -0.1) is 0 Å². The van der Waals surface area contributed by atoms with E-state index in [-0.39, 0.29) is 5.25 Å². The summed E-state index contributed by atoms with van der Waals surface area (Å²) < 4.78 is 26.7. The van der Waals surface area contributed by atoms with Crippen molar-refractivity contribution in [2.75, 3.05) is 26.2 Å². The molecule has 1 unspecified atom stereocenters. The van der Waals surface area contributed by atoms with Crippen LogP contribution < -0.4 is 0 Å². The molecule has 0 aromatic carbocycles. The van der Waals surface area contributed by atoms with E-state index in [2.05, 4.69) is 25.7 Å². The van der Waals surface area contributed by atoms with Crippen molar-refractivity contribution in [1.29, 1.82) is 0 Å². The highest BCUT2D eigenvalue weighted by molar-refractivity contribution is 7.89. The number of nitrogens with zero attached hydrogens (tertiary/aromatic N) is 2. The van der Waals surface area contributed by atoms with Crippen molar-refractivity contribution in [3.63, 3.8) is 0 Å². The average Bonchev–Trinajstić information content (AvgIpc) is 2.79. The van der Waals surface area contributed by atoms with Gasteiger partial charge in [-0.25, -0.2) is 8.42 Å². The van der Waals surface area contributed by atoms with Gasteiger partial charge in [0.15, 0.2) is 0 Å². The quantitative estimate of drug-likeness (QED) is 0.730. The summed E-state index contributed by atoms with van der Waals surface area (Å²) in [4.78, 5) is 2.26. The zero-order chi connectivity index (χ0) is 13.3. The Bertz CT molecular complexity index is 428. The van der Waals surface area contributed by atoms with Gasteiger partial charge >= 0.3 is 0 Å². The Morgan fingerprint density at radius 2 is 2.06 bits per heavy atom. The number of hydrogen-bond acceptors (Lipinski definition) is 3. The van der Waals surface area contributed by atoms with Crippen LogP contribution in [0, 0.1) is 0 Å². The molecule has 2 aliphatic heterocycles. The SMILES string of the molecule is CC1=CCN(S(=O)(=O)C2CCN(C(C)C)C2)CC1. The summed E-state index contributed by atoms with van der Waals surface area (Å²) in [6.45, 7) is 9.14. The minimum Gasteiger partial charge on any atom is -0.300 e. The predicted octanol–water partition coefficient (Wildman–Crippen LogP) is 1.45. The van der Waals surface area contributed by atoms with E-state index in [1.807, 2.05) is 6.08 Å². The molecule has 2 rings (SSSR count). The monoisotopic (exact) mass is 272 g/mol. The largest absolute Gasteiger partial charge is 0.300 e. The Balaban J connectivity index is 2.04. The molecule has 0 spiro atoms. The fourth-order valence-electron chi connectivity index (χ4n) is 2.66. The van der Waals surface area contributed by atoms with Gasteiger partial charge in [0.2, 0.25) is 10.0 Å². The highest BCUT2D eigenvalue weighted by Gasteiger charge is 2.37. The van der Waals surface area contributed by atoms with E-state index in [0.717, 1.165) is 19.4 Å². The van der Waals surface area contributed by atoms with Gasteiger partial charge in [0.05, 0.1) is 5.25 Å². The minimum absolute atomic E-state index is 0.202. The number of likely N-dealkylation sites (tertiary alicyclic amines) is 1. The summed E-state index contributed by atoms with van der Waals surface area (Å²) >= 11 is 0. The van der Waals surface area contributed by atoms with Crippen LogP contribution in [0.5, 0.6) is 0 Å². The van der Waals surface area contributed by atoms with Crippen LogP contribution in [0.15, 0.2) is 11.6 Å². The van der Waals surface area contributed by atoms with Crippen LogP contribution in [0.3, 0.4) is 0 Å². The molecule has 1 saturated heterocycles. The third kappa shape index (κ3) is 2.78. The van der Waals surface area contributed by atoms with Crippen LogP contribution in [0.1, 0.15) is 33.6 Å². The standard InChI is InChI=1S/C13H24N2O2S/c1-11(2)14-7-6-13(10-14)18(16,17)15-8-4-12(3)5-9-15/h4,11,13H,5-10H2,1-3H3. The Hall–Kier alpha value is -0.390. The maximum atomic E-state index is 12.5. The molecule has 0 aromatic heterocycles. The second kappa shape index (κ2) is 5.31. The first-order valence-electron chi connectivity index (χ1n) is 6.80. The van der Waals surface area contributed by atoms with Crippen molar-refractivity contribution in [3.05, 3.63) is 11.6 Å². The highest BCUT2D eigenvalue weighted by atomic mass is 32.2. The summed E-state index contributed by atoms with van der Waals surface area (Å²) in [5.41, 5.74) is 1.30. The molecule has 2 heterocycles. The molecule has 1 fully saturated rings. The number of rotatable bonds is 3. The highest BCUT2D eigenvalue weighted by Crippen LogP contribution is 2.24. The summed E-state index contributed by atoms with van der Waals surface area (Å²) in [5, 5.41) is -0.202. The maximum Gasteiger partial charge on any atom is 0.218 e. The molecule has 1 atom stereocenters. The van der Waals surface area contributed by atoms with E-state index in [4.69, 9.17) is 0 Å². The van der Waals surface area contributed by atoms with Crippen LogP contribution in [-0.4, -0.2) is 55.1 Å². The predicted molar refractivity (Wildman–Crippen MR) is 74.0 cm³/mol. The molecule has 104 valence electrons. The van der Waals surface area contributed by atoms with Crippen LogP contribution >= 0.6 is 0 Å².